The highest BCUT2D eigenvalue weighted by molar-refractivity contribution is 5.80. The van der Waals surface area contributed by atoms with E-state index in [-0.39, 0.29) is 11.6 Å². The highest BCUT2D eigenvalue weighted by Gasteiger charge is 2.32. The van der Waals surface area contributed by atoms with Crippen LogP contribution in [0.4, 0.5) is 0 Å². The molecule has 1 aliphatic heterocycles. The maximum absolute atomic E-state index is 13.4. The highest BCUT2D eigenvalue weighted by atomic mass is 16.5. The van der Waals surface area contributed by atoms with Crippen LogP contribution in [0.5, 0.6) is 5.75 Å². The van der Waals surface area contributed by atoms with Gasteiger partial charge in [-0.25, -0.2) is 4.68 Å². The number of ether oxygens (including phenoxy) is 1. The Labute approximate surface area is 198 Å². The number of H-pyrrole nitrogens is 1. The smallest absolute Gasteiger partial charge is 0.253 e. The maximum Gasteiger partial charge on any atom is 0.253 e. The summed E-state index contributed by atoms with van der Waals surface area (Å²) in [7, 11) is 1.62. The number of aromatic amines is 1. The minimum atomic E-state index is -0.316. The van der Waals surface area contributed by atoms with Crippen LogP contribution in [-0.4, -0.2) is 50.3 Å². The van der Waals surface area contributed by atoms with E-state index in [4.69, 9.17) is 4.74 Å². The molecule has 0 amide bonds. The second-order valence-electron chi connectivity index (χ2n) is 9.15. The van der Waals surface area contributed by atoms with Crippen molar-refractivity contribution in [3.63, 3.8) is 0 Å². The van der Waals surface area contributed by atoms with Crippen molar-refractivity contribution in [2.75, 3.05) is 20.2 Å². The van der Waals surface area contributed by atoms with E-state index in [0.717, 1.165) is 36.8 Å². The number of hydrogen-bond acceptors (Lipinski definition) is 6. The van der Waals surface area contributed by atoms with E-state index < -0.39 is 0 Å². The number of nitrogens with zero attached hydrogens (tertiary/aromatic N) is 5. The van der Waals surface area contributed by atoms with Crippen molar-refractivity contribution in [1.82, 2.24) is 30.1 Å². The molecule has 2 atom stereocenters. The third-order valence-electron chi connectivity index (χ3n) is 6.69. The lowest BCUT2D eigenvalue weighted by Gasteiger charge is -2.36. The summed E-state index contributed by atoms with van der Waals surface area (Å²) in [5.41, 5.74) is 2.52. The zero-order valence-corrected chi connectivity index (χ0v) is 19.6. The molecule has 3 heterocycles. The second-order valence-corrected chi connectivity index (χ2v) is 9.15. The minimum absolute atomic E-state index is 0.124. The molecule has 0 aliphatic carbocycles. The molecular formula is C26H30N6O2. The first-order valence-electron chi connectivity index (χ1n) is 11.9. The molecule has 0 bridgehead atoms. The van der Waals surface area contributed by atoms with Gasteiger partial charge in [-0.3, -0.25) is 9.69 Å². The SMILES string of the molecule is COc1ccc2cc([C@H](c3nnnn3CCc3ccccc3)N3CCC[C@@H](C)C3)c(=O)[nH]c2c1. The normalized spacial score (nSPS) is 17.6. The monoisotopic (exact) mass is 458 g/mol. The molecule has 8 heteroatoms. The number of methoxy groups -OCH3 is 1. The topological polar surface area (TPSA) is 88.9 Å². The van der Waals surface area contributed by atoms with Gasteiger partial charge in [0.2, 0.25) is 0 Å². The van der Waals surface area contributed by atoms with E-state index >= 15 is 0 Å². The predicted octanol–water partition coefficient (Wildman–Crippen LogP) is 3.59. The molecule has 1 fully saturated rings. The Kier molecular flexibility index (Phi) is 6.40. The van der Waals surface area contributed by atoms with Crippen molar-refractivity contribution >= 4 is 10.9 Å². The lowest BCUT2D eigenvalue weighted by atomic mass is 9.95. The number of hydrogen-bond donors (Lipinski definition) is 1. The van der Waals surface area contributed by atoms with Crippen molar-refractivity contribution in [2.24, 2.45) is 5.92 Å². The standard InChI is InChI=1S/C26H30N6O2/c1-18-7-6-13-31(17-18)24(22-15-20-10-11-21(34-2)16-23(20)27-26(22)33)25-28-29-30-32(25)14-12-19-8-4-3-5-9-19/h3-5,8-11,15-16,18,24H,6-7,12-14,17H2,1-2H3,(H,27,33)/t18-,24-/m1/s1. The maximum atomic E-state index is 13.4. The minimum Gasteiger partial charge on any atom is -0.497 e. The van der Waals surface area contributed by atoms with Gasteiger partial charge in [0.25, 0.3) is 5.56 Å². The Morgan fingerprint density at radius 2 is 2.03 bits per heavy atom. The summed E-state index contributed by atoms with van der Waals surface area (Å²) >= 11 is 0. The van der Waals surface area contributed by atoms with E-state index in [1.807, 2.05) is 47.1 Å². The molecule has 0 radical (unpaired) electrons. The number of rotatable bonds is 7. The summed E-state index contributed by atoms with van der Waals surface area (Å²) in [4.78, 5) is 18.8. The van der Waals surface area contributed by atoms with Gasteiger partial charge in [0.1, 0.15) is 11.8 Å². The number of nitrogens with one attached hydrogen (secondary N) is 1. The quantitative estimate of drug-likeness (QED) is 0.455. The molecule has 0 saturated carbocycles. The highest BCUT2D eigenvalue weighted by Crippen LogP contribution is 2.31. The van der Waals surface area contributed by atoms with Crippen LogP contribution >= 0.6 is 0 Å². The largest absolute Gasteiger partial charge is 0.497 e. The van der Waals surface area contributed by atoms with E-state index in [0.29, 0.717) is 29.6 Å². The second kappa shape index (κ2) is 9.77. The third-order valence-corrected chi connectivity index (χ3v) is 6.69. The van der Waals surface area contributed by atoms with E-state index in [1.165, 1.54) is 12.0 Å². The van der Waals surface area contributed by atoms with Gasteiger partial charge in [-0.2, -0.15) is 0 Å². The van der Waals surface area contributed by atoms with Gasteiger partial charge >= 0.3 is 0 Å². The van der Waals surface area contributed by atoms with Gasteiger partial charge in [-0.05, 0) is 71.3 Å². The first-order valence-corrected chi connectivity index (χ1v) is 11.9. The van der Waals surface area contributed by atoms with Crippen molar-refractivity contribution < 1.29 is 4.74 Å². The Morgan fingerprint density at radius 1 is 1.18 bits per heavy atom. The number of aryl methyl sites for hydroxylation is 2. The predicted molar refractivity (Wildman–Crippen MR) is 131 cm³/mol. The number of benzene rings is 2. The van der Waals surface area contributed by atoms with E-state index in [2.05, 4.69) is 44.5 Å². The zero-order valence-electron chi connectivity index (χ0n) is 19.6. The van der Waals surface area contributed by atoms with Crippen molar-refractivity contribution in [1.29, 1.82) is 0 Å². The molecule has 5 rings (SSSR count). The molecule has 8 nitrogen and oxygen atoms in total. The van der Waals surface area contributed by atoms with E-state index in [9.17, 15) is 4.79 Å². The Hall–Kier alpha value is -3.52. The number of piperidine rings is 1. The van der Waals surface area contributed by atoms with Gasteiger partial charge in [-0.1, -0.05) is 37.3 Å². The summed E-state index contributed by atoms with van der Waals surface area (Å²) in [6.07, 6.45) is 3.10. The number of fused-ring (bicyclic) bond motifs is 1. The van der Waals surface area contributed by atoms with Crippen LogP contribution in [0.1, 0.15) is 42.8 Å². The molecule has 176 valence electrons. The summed E-state index contributed by atoms with van der Waals surface area (Å²) in [5, 5.41) is 13.7. The number of pyridine rings is 1. The fourth-order valence-electron chi connectivity index (χ4n) is 4.93. The molecule has 2 aromatic carbocycles. The average molecular weight is 459 g/mol. The molecule has 1 N–H and O–H groups in total. The van der Waals surface area contributed by atoms with Gasteiger partial charge in [-0.15, -0.1) is 5.10 Å². The van der Waals surface area contributed by atoms with E-state index in [1.54, 1.807) is 7.11 Å². The summed E-state index contributed by atoms with van der Waals surface area (Å²) in [5.74, 6) is 1.97. The van der Waals surface area contributed by atoms with Crippen molar-refractivity contribution in [2.45, 2.75) is 38.8 Å². The van der Waals surface area contributed by atoms with Crippen molar-refractivity contribution in [3.05, 3.63) is 81.9 Å². The number of likely N-dealkylation sites (tertiary alicyclic amines) is 1. The molecular weight excluding hydrogens is 428 g/mol. The van der Waals surface area contributed by atoms with Crippen LogP contribution in [0, 0.1) is 5.92 Å². The summed E-state index contributed by atoms with van der Waals surface area (Å²) < 4.78 is 7.18. The summed E-state index contributed by atoms with van der Waals surface area (Å²) in [6, 6.07) is 17.7. The average Bonchev–Trinajstić information content (AvgIpc) is 3.32. The van der Waals surface area contributed by atoms with Crippen molar-refractivity contribution in [3.8, 4) is 5.75 Å². The molecule has 0 unspecified atom stereocenters. The van der Waals surface area contributed by atoms with Gasteiger partial charge < -0.3 is 9.72 Å². The summed E-state index contributed by atoms with van der Waals surface area (Å²) in [6.45, 7) is 4.71. The molecule has 1 aliphatic rings. The molecule has 4 aromatic rings. The molecule has 1 saturated heterocycles. The van der Waals surface area contributed by atoms with Gasteiger partial charge in [0.05, 0.1) is 12.6 Å². The first kappa shape index (κ1) is 22.3. The van der Waals surface area contributed by atoms with Crippen LogP contribution in [0.25, 0.3) is 10.9 Å². The lowest BCUT2D eigenvalue weighted by Crippen LogP contribution is -2.41. The fraction of sp³-hybridized carbons (Fsp3) is 0.385. The van der Waals surface area contributed by atoms with Crippen LogP contribution in [0.2, 0.25) is 0 Å². The number of tetrazole rings is 1. The van der Waals surface area contributed by atoms with Crippen LogP contribution < -0.4 is 10.3 Å². The molecule has 34 heavy (non-hydrogen) atoms. The molecule has 0 spiro atoms. The van der Waals surface area contributed by atoms with Crippen LogP contribution in [0.15, 0.2) is 59.4 Å². The van der Waals surface area contributed by atoms with Crippen LogP contribution in [0.3, 0.4) is 0 Å². The van der Waals surface area contributed by atoms with Gasteiger partial charge in [0, 0.05) is 24.7 Å². The number of aromatic nitrogens is 5. The molecule has 2 aromatic heterocycles. The zero-order chi connectivity index (χ0) is 23.5. The fourth-order valence-corrected chi connectivity index (χ4v) is 4.93. The first-order chi connectivity index (χ1) is 16.6. The Bertz CT molecular complexity index is 1320. The lowest BCUT2D eigenvalue weighted by molar-refractivity contribution is 0.141. The Balaban J connectivity index is 1.56. The van der Waals surface area contributed by atoms with Crippen LogP contribution in [-0.2, 0) is 13.0 Å². The third kappa shape index (κ3) is 4.59. The van der Waals surface area contributed by atoms with Gasteiger partial charge in [0.15, 0.2) is 5.82 Å². The Morgan fingerprint density at radius 3 is 2.82 bits per heavy atom.